The van der Waals surface area contributed by atoms with E-state index in [9.17, 15) is 18.0 Å². The van der Waals surface area contributed by atoms with Gasteiger partial charge in [0.25, 0.3) is 0 Å². The van der Waals surface area contributed by atoms with Gasteiger partial charge < -0.3 is 5.32 Å². The predicted molar refractivity (Wildman–Crippen MR) is 99.0 cm³/mol. The van der Waals surface area contributed by atoms with Crippen molar-refractivity contribution in [1.82, 2.24) is 4.72 Å². The molecule has 1 atom stereocenters. The van der Waals surface area contributed by atoms with Crippen molar-refractivity contribution in [3.8, 4) is 0 Å². The molecule has 0 heterocycles. The summed E-state index contributed by atoms with van der Waals surface area (Å²) in [5.74, 6) is -0.651. The number of carbonyl (C=O) groups excluding carboxylic acids is 2. The first-order valence-corrected chi connectivity index (χ1v) is 9.66. The normalized spacial score (nSPS) is 12.4. The number of sulfonamides is 1. The van der Waals surface area contributed by atoms with Gasteiger partial charge in [-0.05, 0) is 50.2 Å². The summed E-state index contributed by atoms with van der Waals surface area (Å²) in [6.07, 6.45) is 0. The highest BCUT2D eigenvalue weighted by atomic mass is 79.9. The van der Waals surface area contributed by atoms with Crippen LogP contribution in [0.15, 0.2) is 57.9 Å². The lowest BCUT2D eigenvalue weighted by atomic mass is 10.1. The van der Waals surface area contributed by atoms with Gasteiger partial charge in [0.05, 0.1) is 10.9 Å². The highest BCUT2D eigenvalue weighted by Crippen LogP contribution is 2.15. The maximum Gasteiger partial charge on any atom is 0.242 e. The second-order valence-corrected chi connectivity index (χ2v) is 8.05. The SMILES string of the molecule is CC(=O)c1cccc(NC(=O)C(C)NS(=O)(=O)c2ccc(Br)cc2)c1. The van der Waals surface area contributed by atoms with E-state index < -0.39 is 22.0 Å². The minimum Gasteiger partial charge on any atom is -0.325 e. The van der Waals surface area contributed by atoms with Crippen LogP contribution < -0.4 is 10.0 Å². The zero-order valence-corrected chi connectivity index (χ0v) is 16.0. The summed E-state index contributed by atoms with van der Waals surface area (Å²) in [6, 6.07) is 11.5. The van der Waals surface area contributed by atoms with E-state index >= 15 is 0 Å². The summed E-state index contributed by atoms with van der Waals surface area (Å²) < 4.78 is 27.7. The largest absolute Gasteiger partial charge is 0.325 e. The van der Waals surface area contributed by atoms with Gasteiger partial charge in [-0.25, -0.2) is 8.42 Å². The molecule has 0 saturated heterocycles. The number of anilines is 1. The van der Waals surface area contributed by atoms with Crippen LogP contribution in [0.2, 0.25) is 0 Å². The van der Waals surface area contributed by atoms with Crippen LogP contribution in [-0.2, 0) is 14.8 Å². The third-order valence-electron chi connectivity index (χ3n) is 3.39. The van der Waals surface area contributed by atoms with Gasteiger partial charge in [-0.1, -0.05) is 28.1 Å². The Morgan fingerprint density at radius 1 is 1.08 bits per heavy atom. The number of ketones is 1. The second kappa shape index (κ2) is 7.90. The lowest BCUT2D eigenvalue weighted by molar-refractivity contribution is -0.117. The molecule has 8 heteroatoms. The Morgan fingerprint density at radius 2 is 1.72 bits per heavy atom. The van der Waals surface area contributed by atoms with Crippen LogP contribution in [0.5, 0.6) is 0 Å². The van der Waals surface area contributed by atoms with Gasteiger partial charge in [0.1, 0.15) is 0 Å². The zero-order valence-electron chi connectivity index (χ0n) is 13.6. The van der Waals surface area contributed by atoms with Gasteiger partial charge >= 0.3 is 0 Å². The number of benzene rings is 2. The van der Waals surface area contributed by atoms with Crippen LogP contribution in [0.1, 0.15) is 24.2 Å². The smallest absolute Gasteiger partial charge is 0.242 e. The topological polar surface area (TPSA) is 92.3 Å². The lowest BCUT2D eigenvalue weighted by Gasteiger charge is -2.15. The van der Waals surface area contributed by atoms with Crippen molar-refractivity contribution in [2.75, 3.05) is 5.32 Å². The Balaban J connectivity index is 2.08. The number of rotatable bonds is 6. The fraction of sp³-hybridized carbons (Fsp3) is 0.176. The van der Waals surface area contributed by atoms with Crippen molar-refractivity contribution >= 4 is 43.3 Å². The molecule has 0 saturated carbocycles. The van der Waals surface area contributed by atoms with E-state index in [4.69, 9.17) is 0 Å². The van der Waals surface area contributed by atoms with Crippen molar-refractivity contribution in [2.45, 2.75) is 24.8 Å². The quantitative estimate of drug-likeness (QED) is 0.697. The van der Waals surface area contributed by atoms with E-state index in [0.29, 0.717) is 11.3 Å². The molecule has 0 radical (unpaired) electrons. The van der Waals surface area contributed by atoms with Gasteiger partial charge in [-0.15, -0.1) is 0 Å². The third-order valence-corrected chi connectivity index (χ3v) is 5.47. The minimum atomic E-state index is -3.82. The van der Waals surface area contributed by atoms with Gasteiger partial charge in [-0.2, -0.15) is 4.72 Å². The van der Waals surface area contributed by atoms with E-state index in [2.05, 4.69) is 26.0 Å². The molecule has 0 aliphatic carbocycles. The first kappa shape index (κ1) is 19.3. The summed E-state index contributed by atoms with van der Waals surface area (Å²) in [5.41, 5.74) is 0.883. The Bertz CT molecular complexity index is 895. The molecule has 0 fully saturated rings. The first-order chi connectivity index (χ1) is 11.7. The highest BCUT2D eigenvalue weighted by Gasteiger charge is 2.22. The number of nitrogens with one attached hydrogen (secondary N) is 2. The number of hydrogen-bond donors (Lipinski definition) is 2. The number of amides is 1. The van der Waals surface area contributed by atoms with E-state index in [1.807, 2.05) is 0 Å². The van der Waals surface area contributed by atoms with Crippen LogP contribution in [0.25, 0.3) is 0 Å². The molecule has 0 aliphatic rings. The summed E-state index contributed by atoms with van der Waals surface area (Å²) in [6.45, 7) is 2.87. The Morgan fingerprint density at radius 3 is 2.32 bits per heavy atom. The molecule has 6 nitrogen and oxygen atoms in total. The van der Waals surface area contributed by atoms with Crippen molar-refractivity contribution in [1.29, 1.82) is 0 Å². The van der Waals surface area contributed by atoms with E-state index in [-0.39, 0.29) is 10.7 Å². The van der Waals surface area contributed by atoms with Crippen LogP contribution in [-0.4, -0.2) is 26.2 Å². The van der Waals surface area contributed by atoms with E-state index in [0.717, 1.165) is 4.47 Å². The first-order valence-electron chi connectivity index (χ1n) is 7.39. The standard InChI is InChI=1S/C17H17BrN2O4S/c1-11(20-25(23,24)16-8-6-14(18)7-9-16)17(22)19-15-5-3-4-13(10-15)12(2)21/h3-11,20H,1-2H3,(H,19,22). The van der Waals surface area contributed by atoms with Crippen LogP contribution in [0.3, 0.4) is 0 Å². The molecule has 0 spiro atoms. The molecule has 2 rings (SSSR count). The van der Waals surface area contributed by atoms with Crippen molar-refractivity contribution in [3.05, 3.63) is 58.6 Å². The molecule has 2 aromatic carbocycles. The number of Topliss-reactive ketones (excluding diaryl/α,β-unsaturated/α-hetero) is 1. The molecule has 132 valence electrons. The molecular formula is C17H17BrN2O4S. The molecule has 2 N–H and O–H groups in total. The molecule has 0 bridgehead atoms. The highest BCUT2D eigenvalue weighted by molar-refractivity contribution is 9.10. The van der Waals surface area contributed by atoms with Crippen LogP contribution >= 0.6 is 15.9 Å². The molecule has 1 unspecified atom stereocenters. The lowest BCUT2D eigenvalue weighted by Crippen LogP contribution is -2.41. The molecule has 25 heavy (non-hydrogen) atoms. The minimum absolute atomic E-state index is 0.0638. The molecule has 2 aromatic rings. The average molecular weight is 425 g/mol. The molecular weight excluding hydrogens is 408 g/mol. The zero-order chi connectivity index (χ0) is 18.6. The molecule has 0 aliphatic heterocycles. The predicted octanol–water partition coefficient (Wildman–Crippen LogP) is 2.96. The fourth-order valence-electron chi connectivity index (χ4n) is 2.03. The monoisotopic (exact) mass is 424 g/mol. The van der Waals surface area contributed by atoms with E-state index in [1.54, 1.807) is 30.3 Å². The Hall–Kier alpha value is -2.03. The van der Waals surface area contributed by atoms with Crippen LogP contribution in [0.4, 0.5) is 5.69 Å². The number of hydrogen-bond acceptors (Lipinski definition) is 4. The maximum absolute atomic E-state index is 12.3. The third kappa shape index (κ3) is 5.22. The fourth-order valence-corrected chi connectivity index (χ4v) is 3.50. The average Bonchev–Trinajstić information content (AvgIpc) is 2.55. The van der Waals surface area contributed by atoms with Gasteiger partial charge in [0.15, 0.2) is 5.78 Å². The molecule has 1 amide bonds. The Kier molecular flexibility index (Phi) is 6.10. The maximum atomic E-state index is 12.3. The van der Waals surface area contributed by atoms with Gasteiger partial charge in [0.2, 0.25) is 15.9 Å². The summed E-state index contributed by atoms with van der Waals surface area (Å²) in [5, 5.41) is 2.59. The number of carbonyl (C=O) groups is 2. The summed E-state index contributed by atoms with van der Waals surface area (Å²) in [4.78, 5) is 23.7. The van der Waals surface area contributed by atoms with Gasteiger partial charge in [-0.3, -0.25) is 9.59 Å². The van der Waals surface area contributed by atoms with Crippen LogP contribution in [0, 0.1) is 0 Å². The summed E-state index contributed by atoms with van der Waals surface area (Å²) in [7, 11) is -3.82. The Labute approximate surface area is 154 Å². The van der Waals surface area contributed by atoms with Crippen molar-refractivity contribution in [3.63, 3.8) is 0 Å². The summed E-state index contributed by atoms with van der Waals surface area (Å²) >= 11 is 3.24. The van der Waals surface area contributed by atoms with E-state index in [1.165, 1.54) is 32.0 Å². The van der Waals surface area contributed by atoms with Crippen molar-refractivity contribution in [2.24, 2.45) is 0 Å². The second-order valence-electron chi connectivity index (χ2n) is 5.42. The van der Waals surface area contributed by atoms with Gasteiger partial charge in [0, 0.05) is 15.7 Å². The molecule has 0 aromatic heterocycles. The number of halogens is 1. The van der Waals surface area contributed by atoms with Crippen molar-refractivity contribution < 1.29 is 18.0 Å².